The Morgan fingerprint density at radius 2 is 1.69 bits per heavy atom. The Bertz CT molecular complexity index is 177. The van der Waals surface area contributed by atoms with Crippen LogP contribution >= 0.6 is 0 Å². The zero-order valence-corrected chi connectivity index (χ0v) is 12.0. The van der Waals surface area contributed by atoms with E-state index in [-0.39, 0.29) is 0 Å². The van der Waals surface area contributed by atoms with Crippen molar-refractivity contribution in [1.29, 1.82) is 0 Å². The van der Waals surface area contributed by atoms with E-state index in [1.54, 1.807) is 14.2 Å². The minimum Gasteiger partial charge on any atom is -0.377 e. The predicted octanol–water partition coefficient (Wildman–Crippen LogP) is 3.23. The molecular weight excluding hydrogens is 220 g/mol. The third kappa shape index (κ3) is 4.16. The first-order valence-electron chi connectivity index (χ1n) is 6.50. The van der Waals surface area contributed by atoms with E-state index in [1.165, 1.54) is 32.1 Å². The summed E-state index contributed by atoms with van der Waals surface area (Å²) >= 11 is 0. The summed E-state index contributed by atoms with van der Waals surface area (Å²) in [6.45, 7) is 2.97. The topological polar surface area (TPSA) is 27.7 Å². The molecule has 1 saturated carbocycles. The summed E-state index contributed by atoms with van der Waals surface area (Å²) in [7, 11) is 1.10. The van der Waals surface area contributed by atoms with Gasteiger partial charge in [-0.25, -0.2) is 0 Å². The molecule has 0 spiro atoms. The molecule has 0 heterocycles. The van der Waals surface area contributed by atoms with Crippen molar-refractivity contribution in [3.8, 4) is 0 Å². The van der Waals surface area contributed by atoms with Gasteiger partial charge in [-0.2, -0.15) is 0 Å². The lowest BCUT2D eigenvalue weighted by Crippen LogP contribution is -2.44. The second kappa shape index (κ2) is 7.43. The Morgan fingerprint density at radius 1 is 1.06 bits per heavy atom. The van der Waals surface area contributed by atoms with Gasteiger partial charge < -0.3 is 13.3 Å². The third-order valence-electron chi connectivity index (χ3n) is 3.44. The van der Waals surface area contributed by atoms with Crippen LogP contribution in [0, 0.1) is 5.92 Å². The van der Waals surface area contributed by atoms with Crippen LogP contribution in [0.2, 0.25) is 6.04 Å². The monoisotopic (exact) mass is 246 g/mol. The molecule has 1 fully saturated rings. The van der Waals surface area contributed by atoms with Crippen molar-refractivity contribution in [1.82, 2.24) is 0 Å². The minimum absolute atomic E-state index is 0.725. The standard InChI is InChI=1S/C12H26O3Si/c1-4-10-16(13-2,14-3)15-11-12-8-6-5-7-9-12/h12H,4-11H2,1-3H3. The lowest BCUT2D eigenvalue weighted by atomic mass is 9.90. The average Bonchev–Trinajstić information content (AvgIpc) is 2.36. The number of hydrogen-bond donors (Lipinski definition) is 0. The molecule has 0 atom stereocenters. The van der Waals surface area contributed by atoms with Crippen molar-refractivity contribution in [2.45, 2.75) is 51.5 Å². The molecule has 1 rings (SSSR count). The van der Waals surface area contributed by atoms with E-state index in [0.717, 1.165) is 25.0 Å². The molecule has 96 valence electrons. The summed E-state index contributed by atoms with van der Waals surface area (Å²) < 4.78 is 17.0. The van der Waals surface area contributed by atoms with Gasteiger partial charge in [0.25, 0.3) is 0 Å². The molecule has 0 aromatic rings. The molecular formula is C12H26O3Si. The number of hydrogen-bond acceptors (Lipinski definition) is 3. The molecule has 1 aliphatic carbocycles. The van der Waals surface area contributed by atoms with Gasteiger partial charge in [0.2, 0.25) is 0 Å². The van der Waals surface area contributed by atoms with Crippen molar-refractivity contribution in [2.24, 2.45) is 5.92 Å². The van der Waals surface area contributed by atoms with Crippen LogP contribution in [0.25, 0.3) is 0 Å². The van der Waals surface area contributed by atoms with Crippen molar-refractivity contribution < 1.29 is 13.3 Å². The maximum absolute atomic E-state index is 6.00. The summed E-state index contributed by atoms with van der Waals surface area (Å²) in [5.74, 6) is 0.725. The highest BCUT2D eigenvalue weighted by atomic mass is 28.4. The van der Waals surface area contributed by atoms with Crippen LogP contribution in [-0.2, 0) is 13.3 Å². The molecule has 0 aromatic carbocycles. The van der Waals surface area contributed by atoms with Crippen molar-refractivity contribution in [3.63, 3.8) is 0 Å². The molecule has 3 nitrogen and oxygen atoms in total. The molecule has 4 heteroatoms. The molecule has 0 amide bonds. The van der Waals surface area contributed by atoms with Gasteiger partial charge in [0.05, 0.1) is 0 Å². The van der Waals surface area contributed by atoms with E-state index in [2.05, 4.69) is 6.92 Å². The van der Waals surface area contributed by atoms with Gasteiger partial charge in [0, 0.05) is 26.9 Å². The highest BCUT2D eigenvalue weighted by molar-refractivity contribution is 6.60. The molecule has 0 aliphatic heterocycles. The van der Waals surface area contributed by atoms with E-state index in [0.29, 0.717) is 0 Å². The van der Waals surface area contributed by atoms with Crippen LogP contribution in [0.1, 0.15) is 45.4 Å². The van der Waals surface area contributed by atoms with E-state index < -0.39 is 8.80 Å². The third-order valence-corrected chi connectivity index (χ3v) is 6.40. The van der Waals surface area contributed by atoms with Crippen LogP contribution in [0.15, 0.2) is 0 Å². The fourth-order valence-electron chi connectivity index (χ4n) is 2.38. The lowest BCUT2D eigenvalue weighted by Gasteiger charge is -2.29. The smallest absolute Gasteiger partial charge is 0.377 e. The van der Waals surface area contributed by atoms with Crippen molar-refractivity contribution >= 4 is 8.80 Å². The molecule has 16 heavy (non-hydrogen) atoms. The van der Waals surface area contributed by atoms with E-state index in [1.807, 2.05) is 0 Å². The fourth-order valence-corrected chi connectivity index (χ4v) is 4.44. The Hall–Kier alpha value is 0.0969. The summed E-state index contributed by atoms with van der Waals surface area (Å²) in [5, 5.41) is 0. The lowest BCUT2D eigenvalue weighted by molar-refractivity contribution is 0.0742. The zero-order valence-electron chi connectivity index (χ0n) is 11.0. The Balaban J connectivity index is 2.35. The Labute approximate surface area is 101 Å². The van der Waals surface area contributed by atoms with Gasteiger partial charge in [0.15, 0.2) is 0 Å². The number of rotatable bonds is 7. The van der Waals surface area contributed by atoms with Crippen LogP contribution < -0.4 is 0 Å². The van der Waals surface area contributed by atoms with Gasteiger partial charge in [-0.3, -0.25) is 0 Å². The maximum atomic E-state index is 6.00. The van der Waals surface area contributed by atoms with Crippen LogP contribution in [-0.4, -0.2) is 29.6 Å². The first-order chi connectivity index (χ1) is 7.76. The van der Waals surface area contributed by atoms with Crippen molar-refractivity contribution in [2.75, 3.05) is 20.8 Å². The first-order valence-corrected chi connectivity index (χ1v) is 8.43. The Kier molecular flexibility index (Phi) is 6.57. The van der Waals surface area contributed by atoms with E-state index in [4.69, 9.17) is 13.3 Å². The first kappa shape index (κ1) is 14.2. The van der Waals surface area contributed by atoms with Crippen LogP contribution in [0.3, 0.4) is 0 Å². The second-order valence-electron chi connectivity index (χ2n) is 4.66. The van der Waals surface area contributed by atoms with Gasteiger partial charge in [-0.05, 0) is 18.8 Å². The maximum Gasteiger partial charge on any atom is 0.500 e. The molecule has 0 unspecified atom stereocenters. The highest BCUT2D eigenvalue weighted by Crippen LogP contribution is 2.26. The molecule has 0 N–H and O–H groups in total. The molecule has 0 bridgehead atoms. The molecule has 0 saturated heterocycles. The summed E-state index contributed by atoms with van der Waals surface area (Å²) in [6.07, 6.45) is 7.78. The Morgan fingerprint density at radius 3 is 2.19 bits per heavy atom. The predicted molar refractivity (Wildman–Crippen MR) is 67.4 cm³/mol. The average molecular weight is 246 g/mol. The van der Waals surface area contributed by atoms with Gasteiger partial charge >= 0.3 is 8.80 Å². The zero-order chi connectivity index (χ0) is 11.9. The van der Waals surface area contributed by atoms with E-state index >= 15 is 0 Å². The largest absolute Gasteiger partial charge is 0.500 e. The van der Waals surface area contributed by atoms with E-state index in [9.17, 15) is 0 Å². The van der Waals surface area contributed by atoms with Gasteiger partial charge in [0.1, 0.15) is 0 Å². The summed E-state index contributed by atoms with van der Waals surface area (Å²) in [5.41, 5.74) is 0. The summed E-state index contributed by atoms with van der Waals surface area (Å²) in [6, 6.07) is 0.923. The quantitative estimate of drug-likeness (QED) is 0.646. The highest BCUT2D eigenvalue weighted by Gasteiger charge is 2.38. The normalized spacial score (nSPS) is 18.9. The second-order valence-corrected chi connectivity index (χ2v) is 7.63. The van der Waals surface area contributed by atoms with Crippen LogP contribution in [0.4, 0.5) is 0 Å². The minimum atomic E-state index is -2.33. The summed E-state index contributed by atoms with van der Waals surface area (Å²) in [4.78, 5) is 0. The molecule has 1 aliphatic rings. The molecule has 0 radical (unpaired) electrons. The van der Waals surface area contributed by atoms with Crippen molar-refractivity contribution in [3.05, 3.63) is 0 Å². The SMILES string of the molecule is CCC[Si](OC)(OC)OCC1CCCCC1. The fraction of sp³-hybridized carbons (Fsp3) is 1.00. The van der Waals surface area contributed by atoms with Crippen LogP contribution in [0.5, 0.6) is 0 Å². The van der Waals surface area contributed by atoms with Gasteiger partial charge in [-0.15, -0.1) is 0 Å². The molecule has 0 aromatic heterocycles. The van der Waals surface area contributed by atoms with Gasteiger partial charge in [-0.1, -0.05) is 32.6 Å².